The van der Waals surface area contributed by atoms with E-state index in [0.29, 0.717) is 16.9 Å². The van der Waals surface area contributed by atoms with Gasteiger partial charge >= 0.3 is 0 Å². The highest BCUT2D eigenvalue weighted by Gasteiger charge is 2.35. The summed E-state index contributed by atoms with van der Waals surface area (Å²) in [6, 6.07) is 12.7. The number of carbonyl (C=O) groups is 2. The number of fused-ring (bicyclic) bond motifs is 1. The van der Waals surface area contributed by atoms with Gasteiger partial charge in [0.05, 0.1) is 24.8 Å². The topological polar surface area (TPSA) is 46.6 Å². The van der Waals surface area contributed by atoms with Gasteiger partial charge in [-0.25, -0.2) is 0 Å². The fourth-order valence-corrected chi connectivity index (χ4v) is 2.50. The Labute approximate surface area is 123 Å². The molecule has 0 atom stereocenters. The van der Waals surface area contributed by atoms with Gasteiger partial charge in [-0.05, 0) is 36.8 Å². The van der Waals surface area contributed by atoms with Crippen LogP contribution < -0.4 is 4.74 Å². The molecule has 0 spiro atoms. The number of benzene rings is 2. The first-order chi connectivity index (χ1) is 10.1. The summed E-state index contributed by atoms with van der Waals surface area (Å²) in [7, 11) is 1.59. The lowest BCUT2D eigenvalue weighted by Crippen LogP contribution is -2.29. The highest BCUT2D eigenvalue weighted by atomic mass is 16.5. The highest BCUT2D eigenvalue weighted by Crippen LogP contribution is 2.26. The van der Waals surface area contributed by atoms with E-state index in [0.717, 1.165) is 11.1 Å². The quantitative estimate of drug-likeness (QED) is 0.813. The van der Waals surface area contributed by atoms with Crippen LogP contribution >= 0.6 is 0 Å². The zero-order valence-electron chi connectivity index (χ0n) is 11.9. The van der Waals surface area contributed by atoms with Crippen molar-refractivity contribution in [1.82, 2.24) is 4.90 Å². The number of nitrogens with zero attached hydrogens (tertiary/aromatic N) is 1. The number of hydrogen-bond acceptors (Lipinski definition) is 3. The molecule has 1 heterocycles. The third-order valence-corrected chi connectivity index (χ3v) is 3.60. The minimum atomic E-state index is -0.238. The van der Waals surface area contributed by atoms with Crippen LogP contribution in [0, 0.1) is 6.92 Å². The van der Waals surface area contributed by atoms with E-state index in [1.165, 1.54) is 4.90 Å². The van der Waals surface area contributed by atoms with Gasteiger partial charge in [-0.2, -0.15) is 0 Å². The summed E-state index contributed by atoms with van der Waals surface area (Å²) in [4.78, 5) is 26.0. The first-order valence-electron chi connectivity index (χ1n) is 6.70. The molecule has 0 saturated heterocycles. The van der Waals surface area contributed by atoms with Crippen LogP contribution in [0.4, 0.5) is 0 Å². The Balaban J connectivity index is 1.91. The molecule has 4 heteroatoms. The Morgan fingerprint density at radius 2 is 1.76 bits per heavy atom. The third-order valence-electron chi connectivity index (χ3n) is 3.60. The highest BCUT2D eigenvalue weighted by molar-refractivity contribution is 6.21. The van der Waals surface area contributed by atoms with Crippen molar-refractivity contribution in [3.63, 3.8) is 0 Å². The van der Waals surface area contributed by atoms with E-state index in [1.54, 1.807) is 19.2 Å². The average molecular weight is 281 g/mol. The molecule has 2 amide bonds. The first kappa shape index (κ1) is 13.4. The maximum Gasteiger partial charge on any atom is 0.261 e. The zero-order valence-corrected chi connectivity index (χ0v) is 11.9. The minimum absolute atomic E-state index is 0.235. The fourth-order valence-electron chi connectivity index (χ4n) is 2.50. The monoisotopic (exact) mass is 281 g/mol. The number of methoxy groups -OCH3 is 1. The molecule has 0 aromatic heterocycles. The van der Waals surface area contributed by atoms with Gasteiger partial charge in [0.2, 0.25) is 0 Å². The number of imide groups is 1. The number of aryl methyl sites for hydroxylation is 1. The molecule has 0 N–H and O–H groups in total. The van der Waals surface area contributed by atoms with Crippen molar-refractivity contribution in [3.8, 4) is 5.75 Å². The summed E-state index contributed by atoms with van der Waals surface area (Å²) in [5, 5.41) is 0. The lowest BCUT2D eigenvalue weighted by atomic mass is 10.1. The van der Waals surface area contributed by atoms with E-state index >= 15 is 0 Å². The summed E-state index contributed by atoms with van der Waals surface area (Å²) in [5.74, 6) is 0.235. The zero-order chi connectivity index (χ0) is 15.0. The maximum atomic E-state index is 12.4. The Hall–Kier alpha value is -2.62. The Morgan fingerprint density at radius 3 is 2.52 bits per heavy atom. The minimum Gasteiger partial charge on any atom is -0.497 e. The van der Waals surface area contributed by atoms with Gasteiger partial charge in [-0.3, -0.25) is 14.5 Å². The number of ether oxygens (including phenoxy) is 1. The first-order valence-corrected chi connectivity index (χ1v) is 6.70. The van der Waals surface area contributed by atoms with Crippen LogP contribution in [0.15, 0.2) is 42.5 Å². The average Bonchev–Trinajstić information content (AvgIpc) is 2.72. The summed E-state index contributed by atoms with van der Waals surface area (Å²) in [6.45, 7) is 2.16. The largest absolute Gasteiger partial charge is 0.497 e. The van der Waals surface area contributed by atoms with Gasteiger partial charge in [-0.1, -0.05) is 23.8 Å². The van der Waals surface area contributed by atoms with E-state index in [2.05, 4.69) is 0 Å². The van der Waals surface area contributed by atoms with Crippen molar-refractivity contribution in [2.45, 2.75) is 13.5 Å². The smallest absolute Gasteiger partial charge is 0.261 e. The molecular weight excluding hydrogens is 266 g/mol. The van der Waals surface area contributed by atoms with E-state index in [4.69, 9.17) is 4.74 Å². The Morgan fingerprint density at radius 1 is 1.00 bits per heavy atom. The molecular formula is C17H15NO3. The predicted octanol–water partition coefficient (Wildman–Crippen LogP) is 2.80. The van der Waals surface area contributed by atoms with Gasteiger partial charge in [0, 0.05) is 0 Å². The van der Waals surface area contributed by atoms with Gasteiger partial charge in [0.25, 0.3) is 11.8 Å². The molecule has 4 nitrogen and oxygen atoms in total. The molecule has 2 aromatic rings. The molecule has 2 aromatic carbocycles. The molecule has 0 unspecified atom stereocenters. The molecule has 0 aliphatic carbocycles. The SMILES string of the molecule is COc1cccc(CN2C(=O)c3ccc(C)cc3C2=O)c1. The van der Waals surface area contributed by atoms with Gasteiger partial charge in [0.15, 0.2) is 0 Å². The predicted molar refractivity (Wildman–Crippen MR) is 78.4 cm³/mol. The number of amides is 2. The van der Waals surface area contributed by atoms with Crippen LogP contribution in [0.3, 0.4) is 0 Å². The van der Waals surface area contributed by atoms with Crippen molar-refractivity contribution in [1.29, 1.82) is 0 Å². The van der Waals surface area contributed by atoms with Gasteiger partial charge < -0.3 is 4.74 Å². The van der Waals surface area contributed by atoms with Crippen molar-refractivity contribution in [2.75, 3.05) is 7.11 Å². The van der Waals surface area contributed by atoms with Gasteiger partial charge in [0.1, 0.15) is 5.75 Å². The van der Waals surface area contributed by atoms with E-state index in [9.17, 15) is 9.59 Å². The van der Waals surface area contributed by atoms with Crippen LogP contribution in [0.25, 0.3) is 0 Å². The molecule has 0 radical (unpaired) electrons. The molecule has 106 valence electrons. The van der Waals surface area contributed by atoms with Crippen molar-refractivity contribution >= 4 is 11.8 Å². The summed E-state index contributed by atoms with van der Waals surface area (Å²) >= 11 is 0. The summed E-state index contributed by atoms with van der Waals surface area (Å²) in [6.07, 6.45) is 0. The fraction of sp³-hybridized carbons (Fsp3) is 0.176. The maximum absolute atomic E-state index is 12.4. The molecule has 1 aliphatic heterocycles. The molecule has 0 bridgehead atoms. The number of hydrogen-bond donors (Lipinski definition) is 0. The number of rotatable bonds is 3. The van der Waals surface area contributed by atoms with Crippen molar-refractivity contribution in [3.05, 3.63) is 64.7 Å². The lowest BCUT2D eigenvalue weighted by molar-refractivity contribution is 0.0642. The number of carbonyl (C=O) groups excluding carboxylic acids is 2. The lowest BCUT2D eigenvalue weighted by Gasteiger charge is -2.14. The molecule has 21 heavy (non-hydrogen) atoms. The van der Waals surface area contributed by atoms with Gasteiger partial charge in [-0.15, -0.1) is 0 Å². The molecule has 3 rings (SSSR count). The van der Waals surface area contributed by atoms with Crippen LogP contribution in [0.2, 0.25) is 0 Å². The summed E-state index contributed by atoms with van der Waals surface area (Å²) in [5.41, 5.74) is 2.80. The second-order valence-electron chi connectivity index (χ2n) is 5.10. The third kappa shape index (κ3) is 2.29. The van der Waals surface area contributed by atoms with Crippen LogP contribution in [0.1, 0.15) is 31.8 Å². The molecule has 0 fully saturated rings. The van der Waals surface area contributed by atoms with Crippen LogP contribution in [0.5, 0.6) is 5.75 Å². The Bertz CT molecular complexity index is 737. The van der Waals surface area contributed by atoms with E-state index < -0.39 is 0 Å². The molecule has 1 aliphatic rings. The van der Waals surface area contributed by atoms with Crippen molar-refractivity contribution in [2.24, 2.45) is 0 Å². The Kier molecular flexibility index (Phi) is 3.22. The molecule has 0 saturated carbocycles. The second-order valence-corrected chi connectivity index (χ2v) is 5.10. The summed E-state index contributed by atoms with van der Waals surface area (Å²) < 4.78 is 5.16. The van der Waals surface area contributed by atoms with Crippen molar-refractivity contribution < 1.29 is 14.3 Å². The normalized spacial score (nSPS) is 13.5. The standard InChI is InChI=1S/C17H15NO3/c1-11-6-7-14-15(8-11)17(20)18(16(14)19)10-12-4-3-5-13(9-12)21-2/h3-9H,10H2,1-2H3. The second kappa shape index (κ2) is 5.05. The van der Waals surface area contributed by atoms with E-state index in [-0.39, 0.29) is 18.4 Å². The van der Waals surface area contributed by atoms with Crippen LogP contribution in [-0.2, 0) is 6.54 Å². The van der Waals surface area contributed by atoms with E-state index in [1.807, 2.05) is 37.3 Å². The van der Waals surface area contributed by atoms with Crippen LogP contribution in [-0.4, -0.2) is 23.8 Å².